The van der Waals surface area contributed by atoms with Crippen molar-refractivity contribution in [1.29, 1.82) is 0 Å². The third-order valence-electron chi connectivity index (χ3n) is 3.15. The highest BCUT2D eigenvalue weighted by molar-refractivity contribution is 5.21. The first kappa shape index (κ1) is 13.8. The quantitative estimate of drug-likeness (QED) is 0.900. The van der Waals surface area contributed by atoms with Gasteiger partial charge in [-0.1, -0.05) is 12.1 Å². The molecule has 2 rings (SSSR count). The molecule has 0 amide bonds. The second-order valence-corrected chi connectivity index (χ2v) is 4.85. The van der Waals surface area contributed by atoms with Gasteiger partial charge in [-0.3, -0.25) is 4.90 Å². The van der Waals surface area contributed by atoms with E-state index in [1.165, 1.54) is 12.1 Å². The maximum atomic E-state index is 13.4. The predicted octanol–water partition coefficient (Wildman–Crippen LogP) is 2.94. The Labute approximate surface area is 112 Å². The van der Waals surface area contributed by atoms with Gasteiger partial charge in [0.05, 0.1) is 12.8 Å². The molecule has 0 fully saturated rings. The molecule has 1 aromatic heterocycles. The third-order valence-corrected chi connectivity index (χ3v) is 3.15. The average Bonchev–Trinajstić information content (AvgIpc) is 2.81. The summed E-state index contributed by atoms with van der Waals surface area (Å²) >= 11 is 0. The van der Waals surface area contributed by atoms with E-state index in [2.05, 4.69) is 4.90 Å². The van der Waals surface area contributed by atoms with Gasteiger partial charge in [-0.2, -0.15) is 0 Å². The summed E-state index contributed by atoms with van der Waals surface area (Å²) in [5, 5.41) is 0. The Morgan fingerprint density at radius 2 is 2.11 bits per heavy atom. The van der Waals surface area contributed by atoms with E-state index in [-0.39, 0.29) is 17.9 Å². The van der Waals surface area contributed by atoms with Crippen molar-refractivity contribution in [2.45, 2.75) is 25.6 Å². The lowest BCUT2D eigenvalue weighted by Crippen LogP contribution is -2.36. The van der Waals surface area contributed by atoms with Gasteiger partial charge in [0, 0.05) is 12.1 Å². The zero-order valence-corrected chi connectivity index (χ0v) is 11.2. The molecular formula is C15H19FN2O. The molecule has 0 spiro atoms. The molecular weight excluding hydrogens is 243 g/mol. The number of halogens is 1. The Balaban J connectivity index is 2.20. The zero-order valence-electron chi connectivity index (χ0n) is 11.2. The van der Waals surface area contributed by atoms with Crippen LogP contribution >= 0.6 is 0 Å². The fourth-order valence-electron chi connectivity index (χ4n) is 2.40. The van der Waals surface area contributed by atoms with Crippen molar-refractivity contribution in [2.75, 3.05) is 7.05 Å². The highest BCUT2D eigenvalue weighted by Crippen LogP contribution is 2.24. The summed E-state index contributed by atoms with van der Waals surface area (Å²) in [5.41, 5.74) is 6.93. The Hall–Kier alpha value is -1.65. The number of furan rings is 1. The number of likely N-dealkylation sites (N-methyl/N-ethyl adjacent to an activating group) is 1. The van der Waals surface area contributed by atoms with Crippen LogP contribution in [0.5, 0.6) is 0 Å². The molecule has 2 atom stereocenters. The molecule has 3 nitrogen and oxygen atoms in total. The molecule has 2 unspecified atom stereocenters. The van der Waals surface area contributed by atoms with Crippen LogP contribution in [0.4, 0.5) is 4.39 Å². The molecule has 0 bridgehead atoms. The average molecular weight is 262 g/mol. The molecule has 2 N–H and O–H groups in total. The summed E-state index contributed by atoms with van der Waals surface area (Å²) in [6.45, 7) is 2.56. The Morgan fingerprint density at radius 3 is 2.68 bits per heavy atom. The first-order valence-corrected chi connectivity index (χ1v) is 6.31. The predicted molar refractivity (Wildman–Crippen MR) is 73.0 cm³/mol. The van der Waals surface area contributed by atoms with E-state index in [1.54, 1.807) is 12.3 Å². The number of hydrogen-bond donors (Lipinski definition) is 1. The number of benzene rings is 1. The van der Waals surface area contributed by atoms with E-state index in [1.807, 2.05) is 32.2 Å². The first-order chi connectivity index (χ1) is 9.08. The maximum Gasteiger partial charge on any atom is 0.123 e. The number of nitrogens with zero attached hydrogens (tertiary/aromatic N) is 1. The van der Waals surface area contributed by atoms with Gasteiger partial charge in [0.1, 0.15) is 11.6 Å². The molecule has 0 saturated heterocycles. The summed E-state index contributed by atoms with van der Waals surface area (Å²) < 4.78 is 18.7. The second-order valence-electron chi connectivity index (χ2n) is 4.85. The SMILES string of the molecule is CC(N)C(c1cccc(F)c1)N(C)Cc1ccco1. The van der Waals surface area contributed by atoms with Crippen LogP contribution in [0.2, 0.25) is 0 Å². The van der Waals surface area contributed by atoms with E-state index in [4.69, 9.17) is 10.2 Å². The van der Waals surface area contributed by atoms with Crippen LogP contribution in [0.1, 0.15) is 24.3 Å². The lowest BCUT2D eigenvalue weighted by Gasteiger charge is -2.30. The maximum absolute atomic E-state index is 13.4. The molecule has 2 aromatic rings. The van der Waals surface area contributed by atoms with Crippen LogP contribution < -0.4 is 5.73 Å². The minimum Gasteiger partial charge on any atom is -0.468 e. The summed E-state index contributed by atoms with van der Waals surface area (Å²) in [7, 11) is 1.96. The molecule has 1 aromatic carbocycles. The Bertz CT molecular complexity index is 511. The van der Waals surface area contributed by atoms with Crippen LogP contribution in [-0.4, -0.2) is 18.0 Å². The molecule has 4 heteroatoms. The highest BCUT2D eigenvalue weighted by atomic mass is 19.1. The summed E-state index contributed by atoms with van der Waals surface area (Å²) in [5.74, 6) is 0.624. The van der Waals surface area contributed by atoms with Crippen LogP contribution in [0.3, 0.4) is 0 Å². The Morgan fingerprint density at radius 1 is 1.32 bits per heavy atom. The zero-order chi connectivity index (χ0) is 13.8. The monoisotopic (exact) mass is 262 g/mol. The summed E-state index contributed by atoms with van der Waals surface area (Å²) in [4.78, 5) is 2.07. The molecule has 0 radical (unpaired) electrons. The van der Waals surface area contributed by atoms with Gasteiger partial charge in [0.15, 0.2) is 0 Å². The van der Waals surface area contributed by atoms with E-state index >= 15 is 0 Å². The molecule has 0 aliphatic rings. The topological polar surface area (TPSA) is 42.4 Å². The van der Waals surface area contributed by atoms with Gasteiger partial charge in [0.2, 0.25) is 0 Å². The van der Waals surface area contributed by atoms with Crippen LogP contribution in [0.25, 0.3) is 0 Å². The molecule has 0 saturated carbocycles. The van der Waals surface area contributed by atoms with Crippen molar-refractivity contribution >= 4 is 0 Å². The van der Waals surface area contributed by atoms with Crippen molar-refractivity contribution in [1.82, 2.24) is 4.90 Å². The summed E-state index contributed by atoms with van der Waals surface area (Å²) in [6, 6.07) is 10.2. The van der Waals surface area contributed by atoms with Crippen molar-refractivity contribution in [3.8, 4) is 0 Å². The molecule has 0 aliphatic carbocycles. The molecule has 19 heavy (non-hydrogen) atoms. The standard InChI is InChI=1S/C15H19FN2O/c1-11(17)15(12-5-3-6-13(16)9-12)18(2)10-14-7-4-8-19-14/h3-9,11,15H,10,17H2,1-2H3. The van der Waals surface area contributed by atoms with E-state index in [0.717, 1.165) is 11.3 Å². The normalized spacial score (nSPS) is 14.6. The lowest BCUT2D eigenvalue weighted by atomic mass is 9.99. The molecule has 0 aliphatic heterocycles. The first-order valence-electron chi connectivity index (χ1n) is 6.31. The largest absolute Gasteiger partial charge is 0.468 e. The Kier molecular flexibility index (Phi) is 4.35. The fraction of sp³-hybridized carbons (Fsp3) is 0.333. The van der Waals surface area contributed by atoms with Crippen LogP contribution in [-0.2, 0) is 6.54 Å². The lowest BCUT2D eigenvalue weighted by molar-refractivity contribution is 0.195. The number of rotatable bonds is 5. The number of hydrogen-bond acceptors (Lipinski definition) is 3. The summed E-state index contributed by atoms with van der Waals surface area (Å²) in [6.07, 6.45) is 1.65. The van der Waals surface area contributed by atoms with E-state index < -0.39 is 0 Å². The molecule has 1 heterocycles. The van der Waals surface area contributed by atoms with Crippen molar-refractivity contribution in [3.63, 3.8) is 0 Å². The van der Waals surface area contributed by atoms with Crippen LogP contribution in [0, 0.1) is 5.82 Å². The van der Waals surface area contributed by atoms with Gasteiger partial charge in [-0.15, -0.1) is 0 Å². The second kappa shape index (κ2) is 5.99. The minimum atomic E-state index is -0.241. The highest BCUT2D eigenvalue weighted by Gasteiger charge is 2.22. The van der Waals surface area contributed by atoms with E-state index in [0.29, 0.717) is 6.54 Å². The molecule has 102 valence electrons. The smallest absolute Gasteiger partial charge is 0.123 e. The third kappa shape index (κ3) is 3.43. The van der Waals surface area contributed by atoms with Gasteiger partial charge in [0.25, 0.3) is 0 Å². The van der Waals surface area contributed by atoms with E-state index in [9.17, 15) is 4.39 Å². The van der Waals surface area contributed by atoms with Crippen molar-refractivity contribution < 1.29 is 8.81 Å². The van der Waals surface area contributed by atoms with Gasteiger partial charge >= 0.3 is 0 Å². The van der Waals surface area contributed by atoms with Crippen LogP contribution in [0.15, 0.2) is 47.1 Å². The number of nitrogens with two attached hydrogens (primary N) is 1. The van der Waals surface area contributed by atoms with Gasteiger partial charge in [-0.05, 0) is 43.8 Å². The van der Waals surface area contributed by atoms with Gasteiger partial charge in [-0.25, -0.2) is 4.39 Å². The fourth-order valence-corrected chi connectivity index (χ4v) is 2.40. The van der Waals surface area contributed by atoms with Gasteiger partial charge < -0.3 is 10.2 Å². The van der Waals surface area contributed by atoms with Crippen molar-refractivity contribution in [2.24, 2.45) is 5.73 Å². The van der Waals surface area contributed by atoms with Crippen molar-refractivity contribution in [3.05, 3.63) is 59.8 Å². The minimum absolute atomic E-state index is 0.0548.